The predicted octanol–water partition coefficient (Wildman–Crippen LogP) is 0.970. The Labute approximate surface area is 138 Å². The molecule has 0 aliphatic heterocycles. The highest BCUT2D eigenvalue weighted by Crippen LogP contribution is 2.20. The maximum Gasteiger partial charge on any atom is 0.253 e. The number of rotatable bonds is 6. The van der Waals surface area contributed by atoms with E-state index < -0.39 is 30.0 Å². The van der Waals surface area contributed by atoms with Crippen LogP contribution in [0.2, 0.25) is 10.0 Å². The van der Waals surface area contributed by atoms with Crippen LogP contribution in [0.5, 0.6) is 0 Å². The average Bonchev–Trinajstić information content (AvgIpc) is 2.46. The first-order valence-corrected chi connectivity index (χ1v) is 7.37. The van der Waals surface area contributed by atoms with Gasteiger partial charge in [-0.05, 0) is 32.0 Å². The van der Waals surface area contributed by atoms with Crippen molar-refractivity contribution in [2.75, 3.05) is 6.61 Å². The first-order chi connectivity index (χ1) is 10.3. The summed E-state index contributed by atoms with van der Waals surface area (Å²) < 4.78 is 0. The second kappa shape index (κ2) is 8.33. The summed E-state index contributed by atoms with van der Waals surface area (Å²) in [6, 6.07) is 2.68. The van der Waals surface area contributed by atoms with E-state index in [9.17, 15) is 14.7 Å². The molecule has 0 aliphatic rings. The number of benzene rings is 1. The molecule has 0 spiro atoms. The van der Waals surface area contributed by atoms with Gasteiger partial charge in [0, 0.05) is 11.1 Å². The third kappa shape index (κ3) is 5.14. The van der Waals surface area contributed by atoms with E-state index in [-0.39, 0.29) is 17.2 Å². The SMILES string of the molecule is CC(CO)NC(=O)C(NC(=O)c1cc(Cl)ccc1Cl)C(C)O. The molecule has 6 nitrogen and oxygen atoms in total. The Morgan fingerprint density at radius 2 is 1.86 bits per heavy atom. The number of aliphatic hydroxyl groups excluding tert-OH is 2. The lowest BCUT2D eigenvalue weighted by Crippen LogP contribution is -2.54. The summed E-state index contributed by atoms with van der Waals surface area (Å²) in [6.45, 7) is 2.70. The molecule has 3 unspecified atom stereocenters. The minimum atomic E-state index is -1.18. The average molecular weight is 349 g/mol. The van der Waals surface area contributed by atoms with Crippen molar-refractivity contribution < 1.29 is 19.8 Å². The topological polar surface area (TPSA) is 98.7 Å². The molecule has 1 aromatic carbocycles. The van der Waals surface area contributed by atoms with Crippen LogP contribution in [0.25, 0.3) is 0 Å². The molecule has 8 heteroatoms. The lowest BCUT2D eigenvalue weighted by Gasteiger charge is -2.23. The van der Waals surface area contributed by atoms with Crippen LogP contribution >= 0.6 is 23.2 Å². The highest BCUT2D eigenvalue weighted by Gasteiger charge is 2.27. The fourth-order valence-corrected chi connectivity index (χ4v) is 2.05. The van der Waals surface area contributed by atoms with Crippen LogP contribution in [0.15, 0.2) is 18.2 Å². The molecule has 0 radical (unpaired) electrons. The van der Waals surface area contributed by atoms with E-state index in [1.165, 1.54) is 25.1 Å². The van der Waals surface area contributed by atoms with E-state index in [4.69, 9.17) is 28.3 Å². The van der Waals surface area contributed by atoms with Gasteiger partial charge in [0.1, 0.15) is 6.04 Å². The predicted molar refractivity (Wildman–Crippen MR) is 84.1 cm³/mol. The number of carbonyl (C=O) groups is 2. The van der Waals surface area contributed by atoms with Gasteiger partial charge in [-0.25, -0.2) is 0 Å². The zero-order chi connectivity index (χ0) is 16.9. The number of amides is 2. The normalized spacial score (nSPS) is 14.8. The number of nitrogens with one attached hydrogen (secondary N) is 2. The number of hydrogen-bond donors (Lipinski definition) is 4. The molecule has 0 saturated carbocycles. The number of hydrogen-bond acceptors (Lipinski definition) is 4. The fraction of sp³-hybridized carbons (Fsp3) is 0.429. The van der Waals surface area contributed by atoms with Gasteiger partial charge in [-0.1, -0.05) is 23.2 Å². The molecule has 2 amide bonds. The summed E-state index contributed by atoms with van der Waals surface area (Å²) in [4.78, 5) is 24.2. The van der Waals surface area contributed by atoms with Gasteiger partial charge in [0.2, 0.25) is 5.91 Å². The molecule has 0 fully saturated rings. The molecule has 1 aromatic rings. The van der Waals surface area contributed by atoms with Crippen LogP contribution in [-0.4, -0.2) is 46.8 Å². The van der Waals surface area contributed by atoms with Crippen molar-refractivity contribution in [1.29, 1.82) is 0 Å². The van der Waals surface area contributed by atoms with Crippen LogP contribution in [-0.2, 0) is 4.79 Å². The summed E-state index contributed by atoms with van der Waals surface area (Å²) in [6.07, 6.45) is -1.13. The van der Waals surface area contributed by atoms with E-state index in [0.29, 0.717) is 5.02 Å². The lowest BCUT2D eigenvalue weighted by atomic mass is 10.1. The van der Waals surface area contributed by atoms with Crippen LogP contribution in [0, 0.1) is 0 Å². The molecule has 1 rings (SSSR count). The van der Waals surface area contributed by atoms with E-state index >= 15 is 0 Å². The van der Waals surface area contributed by atoms with Crippen LogP contribution in [0.1, 0.15) is 24.2 Å². The van der Waals surface area contributed by atoms with Gasteiger partial charge in [-0.2, -0.15) is 0 Å². The van der Waals surface area contributed by atoms with Gasteiger partial charge < -0.3 is 20.8 Å². The molecule has 3 atom stereocenters. The van der Waals surface area contributed by atoms with Gasteiger partial charge >= 0.3 is 0 Å². The van der Waals surface area contributed by atoms with Gasteiger partial charge in [-0.15, -0.1) is 0 Å². The Morgan fingerprint density at radius 1 is 1.23 bits per heavy atom. The summed E-state index contributed by atoms with van der Waals surface area (Å²) >= 11 is 11.7. The van der Waals surface area contributed by atoms with Crippen molar-refractivity contribution in [3.8, 4) is 0 Å². The smallest absolute Gasteiger partial charge is 0.253 e. The van der Waals surface area contributed by atoms with Gasteiger partial charge in [0.25, 0.3) is 5.91 Å². The highest BCUT2D eigenvalue weighted by molar-refractivity contribution is 6.35. The van der Waals surface area contributed by atoms with Crippen molar-refractivity contribution in [3.63, 3.8) is 0 Å². The molecular formula is C14H18Cl2N2O4. The van der Waals surface area contributed by atoms with Crippen molar-refractivity contribution in [2.24, 2.45) is 0 Å². The van der Waals surface area contributed by atoms with Crippen molar-refractivity contribution in [1.82, 2.24) is 10.6 Å². The first kappa shape index (κ1) is 18.7. The minimum absolute atomic E-state index is 0.0998. The monoisotopic (exact) mass is 348 g/mol. The van der Waals surface area contributed by atoms with Gasteiger partial charge in [0.15, 0.2) is 0 Å². The molecule has 0 heterocycles. The second-order valence-corrected chi connectivity index (χ2v) is 5.75. The molecule has 0 saturated heterocycles. The number of aliphatic hydroxyl groups is 2. The van der Waals surface area contributed by atoms with E-state index in [1.54, 1.807) is 6.92 Å². The number of carbonyl (C=O) groups excluding carboxylic acids is 2. The Kier molecular flexibility index (Phi) is 7.09. The molecule has 0 aromatic heterocycles. The first-order valence-electron chi connectivity index (χ1n) is 6.61. The third-order valence-electron chi connectivity index (χ3n) is 2.89. The Balaban J connectivity index is 2.89. The Hall–Kier alpha value is -1.34. The van der Waals surface area contributed by atoms with E-state index in [0.717, 1.165) is 0 Å². The van der Waals surface area contributed by atoms with Gasteiger partial charge in [-0.3, -0.25) is 9.59 Å². The van der Waals surface area contributed by atoms with Crippen molar-refractivity contribution >= 4 is 35.0 Å². The second-order valence-electron chi connectivity index (χ2n) is 4.91. The van der Waals surface area contributed by atoms with Crippen LogP contribution in [0.4, 0.5) is 0 Å². The summed E-state index contributed by atoms with van der Waals surface area (Å²) in [5.41, 5.74) is 0.0998. The largest absolute Gasteiger partial charge is 0.394 e. The molecule has 0 bridgehead atoms. The zero-order valence-corrected chi connectivity index (χ0v) is 13.6. The maximum atomic E-state index is 12.2. The summed E-state index contributed by atoms with van der Waals surface area (Å²) in [7, 11) is 0. The molecular weight excluding hydrogens is 331 g/mol. The number of halogens is 2. The Bertz CT molecular complexity index is 552. The van der Waals surface area contributed by atoms with Crippen molar-refractivity contribution in [3.05, 3.63) is 33.8 Å². The Morgan fingerprint density at radius 3 is 2.41 bits per heavy atom. The van der Waals surface area contributed by atoms with Crippen molar-refractivity contribution in [2.45, 2.75) is 32.0 Å². The highest BCUT2D eigenvalue weighted by atomic mass is 35.5. The summed E-state index contributed by atoms with van der Waals surface area (Å²) in [5, 5.41) is 24.0. The lowest BCUT2D eigenvalue weighted by molar-refractivity contribution is -0.126. The van der Waals surface area contributed by atoms with E-state index in [2.05, 4.69) is 10.6 Å². The zero-order valence-electron chi connectivity index (χ0n) is 12.1. The van der Waals surface area contributed by atoms with Gasteiger partial charge in [0.05, 0.1) is 23.3 Å². The molecule has 122 valence electrons. The molecule has 0 aliphatic carbocycles. The standard InChI is InChI=1S/C14H18Cl2N2O4/c1-7(6-19)17-14(22)12(8(2)20)18-13(21)10-5-9(15)3-4-11(10)16/h3-5,7-8,12,19-20H,6H2,1-2H3,(H,17,22)(H,18,21). The maximum absolute atomic E-state index is 12.2. The van der Waals surface area contributed by atoms with Crippen LogP contribution < -0.4 is 10.6 Å². The quantitative estimate of drug-likeness (QED) is 0.615. The minimum Gasteiger partial charge on any atom is -0.394 e. The summed E-state index contributed by atoms with van der Waals surface area (Å²) in [5.74, 6) is -1.24. The molecule has 22 heavy (non-hydrogen) atoms. The molecule has 4 N–H and O–H groups in total. The fourth-order valence-electron chi connectivity index (χ4n) is 1.67. The third-order valence-corrected chi connectivity index (χ3v) is 3.45. The van der Waals surface area contributed by atoms with Crippen LogP contribution in [0.3, 0.4) is 0 Å². The van der Waals surface area contributed by atoms with E-state index in [1.807, 2.05) is 0 Å².